The number of piperazine rings is 1. The van der Waals surface area contributed by atoms with Crippen LogP contribution in [-0.4, -0.2) is 72.9 Å². The van der Waals surface area contributed by atoms with Crippen molar-refractivity contribution in [3.63, 3.8) is 0 Å². The molecule has 0 saturated carbocycles. The average molecular weight is 272 g/mol. The number of hydrogen-bond donors (Lipinski definition) is 1. The maximum absolute atomic E-state index is 11.0. The van der Waals surface area contributed by atoms with E-state index in [9.17, 15) is 4.79 Å². The molecule has 1 aliphatic rings. The Balaban J connectivity index is 2.23. The van der Waals surface area contributed by atoms with Crippen LogP contribution in [-0.2, 0) is 9.53 Å². The predicted octanol–water partition coefficient (Wildman–Crippen LogP) is 1.14. The van der Waals surface area contributed by atoms with Crippen LogP contribution in [0.25, 0.3) is 0 Å². The van der Waals surface area contributed by atoms with Gasteiger partial charge >= 0.3 is 5.97 Å². The third kappa shape index (κ3) is 6.36. The summed E-state index contributed by atoms with van der Waals surface area (Å²) in [6, 6.07) is 0. The lowest BCUT2D eigenvalue weighted by Gasteiger charge is -2.35. The molecule has 0 aromatic carbocycles. The largest absolute Gasteiger partial charge is 0.479 e. The highest BCUT2D eigenvalue weighted by Gasteiger charge is 2.21. The molecule has 1 unspecified atom stereocenters. The molecule has 1 fully saturated rings. The van der Waals surface area contributed by atoms with Gasteiger partial charge < -0.3 is 19.6 Å². The summed E-state index contributed by atoms with van der Waals surface area (Å²) in [5.74, 6) is -0.138. The van der Waals surface area contributed by atoms with E-state index in [-0.39, 0.29) is 0 Å². The molecule has 112 valence electrons. The van der Waals surface area contributed by atoms with E-state index in [2.05, 4.69) is 23.6 Å². The molecule has 1 saturated heterocycles. The molecule has 0 aromatic heterocycles. The second kappa shape index (κ2) is 8.51. The molecule has 1 aliphatic heterocycles. The number of rotatable bonds is 8. The van der Waals surface area contributed by atoms with Gasteiger partial charge in [0.25, 0.3) is 0 Å². The molecule has 19 heavy (non-hydrogen) atoms. The molecule has 0 amide bonds. The lowest BCUT2D eigenvalue weighted by Crippen LogP contribution is -2.48. The molecule has 1 rings (SSSR count). The number of hydrogen-bond acceptors (Lipinski definition) is 4. The fourth-order valence-corrected chi connectivity index (χ4v) is 2.49. The zero-order valence-electron chi connectivity index (χ0n) is 12.5. The van der Waals surface area contributed by atoms with Gasteiger partial charge in [0.15, 0.2) is 6.10 Å². The summed E-state index contributed by atoms with van der Waals surface area (Å²) in [5, 5.41) is 9.02. The first-order valence-corrected chi connectivity index (χ1v) is 7.32. The van der Waals surface area contributed by atoms with E-state index >= 15 is 0 Å². The maximum atomic E-state index is 11.0. The minimum Gasteiger partial charge on any atom is -0.479 e. The minimum absolute atomic E-state index is 0.457. The Morgan fingerprint density at radius 1 is 1.21 bits per heavy atom. The summed E-state index contributed by atoms with van der Waals surface area (Å²) in [6.45, 7) is 13.0. The standard InChI is InChI=1S/C14H28N2O3/c1-4-19-13(14(17)18)5-6-15-7-9-16(10-8-15)11-12(2)3/h12-13H,4-11H2,1-3H3,(H,17,18). The molecular formula is C14H28N2O3. The van der Waals surface area contributed by atoms with Crippen molar-refractivity contribution in [1.82, 2.24) is 9.80 Å². The monoisotopic (exact) mass is 272 g/mol. The van der Waals surface area contributed by atoms with Gasteiger partial charge in [0.1, 0.15) is 0 Å². The quantitative estimate of drug-likeness (QED) is 0.718. The molecule has 0 radical (unpaired) electrons. The number of carboxylic acids is 1. The van der Waals surface area contributed by atoms with Crippen LogP contribution in [0.2, 0.25) is 0 Å². The Hall–Kier alpha value is -0.650. The molecular weight excluding hydrogens is 244 g/mol. The van der Waals surface area contributed by atoms with Crippen LogP contribution in [0.4, 0.5) is 0 Å². The molecule has 0 aliphatic carbocycles. The van der Waals surface area contributed by atoms with Gasteiger partial charge in [0.2, 0.25) is 0 Å². The van der Waals surface area contributed by atoms with Gasteiger partial charge in [0.05, 0.1) is 0 Å². The summed E-state index contributed by atoms with van der Waals surface area (Å²) in [4.78, 5) is 15.8. The van der Waals surface area contributed by atoms with Crippen LogP contribution < -0.4 is 0 Å². The predicted molar refractivity (Wildman–Crippen MR) is 75.4 cm³/mol. The first-order chi connectivity index (χ1) is 9.02. The Morgan fingerprint density at radius 3 is 2.26 bits per heavy atom. The first kappa shape index (κ1) is 16.4. The number of nitrogens with zero attached hydrogens (tertiary/aromatic N) is 2. The second-order valence-electron chi connectivity index (χ2n) is 5.61. The Morgan fingerprint density at radius 2 is 1.79 bits per heavy atom. The normalized spacial score (nSPS) is 19.8. The third-order valence-corrected chi connectivity index (χ3v) is 3.44. The van der Waals surface area contributed by atoms with Crippen molar-refractivity contribution in [2.45, 2.75) is 33.3 Å². The topological polar surface area (TPSA) is 53.0 Å². The number of aliphatic carboxylic acids is 1. The van der Waals surface area contributed by atoms with Crippen LogP contribution in [0.1, 0.15) is 27.2 Å². The molecule has 1 atom stereocenters. The van der Waals surface area contributed by atoms with Crippen molar-refractivity contribution in [3.05, 3.63) is 0 Å². The summed E-state index contributed by atoms with van der Waals surface area (Å²) < 4.78 is 5.23. The lowest BCUT2D eigenvalue weighted by molar-refractivity contribution is -0.150. The van der Waals surface area contributed by atoms with Crippen molar-refractivity contribution >= 4 is 5.97 Å². The molecule has 0 aromatic rings. The van der Waals surface area contributed by atoms with Gasteiger partial charge in [-0.1, -0.05) is 13.8 Å². The summed E-state index contributed by atoms with van der Waals surface area (Å²) in [7, 11) is 0. The highest BCUT2D eigenvalue weighted by Crippen LogP contribution is 2.08. The van der Waals surface area contributed by atoms with E-state index < -0.39 is 12.1 Å². The summed E-state index contributed by atoms with van der Waals surface area (Å²) in [5.41, 5.74) is 0. The van der Waals surface area contributed by atoms with Crippen LogP contribution in [0.5, 0.6) is 0 Å². The number of carbonyl (C=O) groups is 1. The van der Waals surface area contributed by atoms with Gasteiger partial charge in [-0.05, 0) is 19.3 Å². The summed E-state index contributed by atoms with van der Waals surface area (Å²) >= 11 is 0. The Labute approximate surface area is 116 Å². The van der Waals surface area contributed by atoms with Crippen LogP contribution in [0, 0.1) is 5.92 Å². The summed E-state index contributed by atoms with van der Waals surface area (Å²) in [6.07, 6.45) is -0.0772. The Kier molecular flexibility index (Phi) is 7.34. The van der Waals surface area contributed by atoms with E-state index in [0.717, 1.165) is 39.3 Å². The van der Waals surface area contributed by atoms with Gasteiger partial charge in [-0.25, -0.2) is 4.79 Å². The molecule has 0 bridgehead atoms. The zero-order chi connectivity index (χ0) is 14.3. The smallest absolute Gasteiger partial charge is 0.332 e. The van der Waals surface area contributed by atoms with Gasteiger partial charge in [-0.15, -0.1) is 0 Å². The fourth-order valence-electron chi connectivity index (χ4n) is 2.49. The van der Waals surface area contributed by atoms with Gasteiger partial charge in [0, 0.05) is 45.9 Å². The molecule has 0 spiro atoms. The van der Waals surface area contributed by atoms with Crippen molar-refractivity contribution < 1.29 is 14.6 Å². The highest BCUT2D eigenvalue weighted by atomic mass is 16.5. The van der Waals surface area contributed by atoms with Gasteiger partial charge in [-0.2, -0.15) is 0 Å². The van der Waals surface area contributed by atoms with Crippen molar-refractivity contribution in [2.24, 2.45) is 5.92 Å². The van der Waals surface area contributed by atoms with Crippen molar-refractivity contribution in [2.75, 3.05) is 45.9 Å². The fraction of sp³-hybridized carbons (Fsp3) is 0.929. The molecule has 1 N–H and O–H groups in total. The van der Waals surface area contributed by atoms with Crippen LogP contribution in [0.3, 0.4) is 0 Å². The van der Waals surface area contributed by atoms with E-state index in [1.165, 1.54) is 0 Å². The maximum Gasteiger partial charge on any atom is 0.332 e. The van der Waals surface area contributed by atoms with Crippen molar-refractivity contribution in [3.8, 4) is 0 Å². The van der Waals surface area contributed by atoms with Crippen LogP contribution in [0.15, 0.2) is 0 Å². The minimum atomic E-state index is -0.847. The third-order valence-electron chi connectivity index (χ3n) is 3.44. The highest BCUT2D eigenvalue weighted by molar-refractivity contribution is 5.72. The first-order valence-electron chi connectivity index (χ1n) is 7.32. The van der Waals surface area contributed by atoms with Gasteiger partial charge in [-0.3, -0.25) is 0 Å². The molecule has 5 nitrogen and oxygen atoms in total. The molecule has 1 heterocycles. The number of carboxylic acid groups (broad SMARTS) is 1. The van der Waals surface area contributed by atoms with E-state index in [1.807, 2.05) is 6.92 Å². The van der Waals surface area contributed by atoms with E-state index in [4.69, 9.17) is 9.84 Å². The zero-order valence-corrected chi connectivity index (χ0v) is 12.5. The Bertz CT molecular complexity index is 263. The average Bonchev–Trinajstić information content (AvgIpc) is 2.35. The molecule has 5 heteroatoms. The lowest BCUT2D eigenvalue weighted by atomic mass is 10.2. The van der Waals surface area contributed by atoms with E-state index in [0.29, 0.717) is 18.9 Å². The second-order valence-corrected chi connectivity index (χ2v) is 5.61. The van der Waals surface area contributed by atoms with E-state index in [1.54, 1.807) is 0 Å². The number of ether oxygens (including phenoxy) is 1. The van der Waals surface area contributed by atoms with Crippen molar-refractivity contribution in [1.29, 1.82) is 0 Å². The van der Waals surface area contributed by atoms with Crippen LogP contribution >= 0.6 is 0 Å². The SMILES string of the molecule is CCOC(CCN1CCN(CC(C)C)CC1)C(=O)O.